The van der Waals surface area contributed by atoms with E-state index >= 15 is 0 Å². The fraction of sp³-hybridized carbons (Fsp3) is 0.438. The molecule has 0 saturated carbocycles. The zero-order valence-corrected chi connectivity index (χ0v) is 15.4. The Morgan fingerprint density at radius 2 is 1.89 bits per heavy atom. The first kappa shape index (κ1) is 24.7. The van der Waals surface area contributed by atoms with E-state index in [1.54, 1.807) is 6.07 Å². The molecule has 0 saturated heterocycles. The molecule has 1 amide bonds. The number of amides is 1. The van der Waals surface area contributed by atoms with Gasteiger partial charge in [-0.2, -0.15) is 13.2 Å². The molecule has 0 atom stereocenters. The summed E-state index contributed by atoms with van der Waals surface area (Å²) in [6.07, 6.45) is -2.26. The Morgan fingerprint density at radius 3 is 2.33 bits per heavy atom. The van der Waals surface area contributed by atoms with Crippen molar-refractivity contribution in [2.24, 2.45) is 0 Å². The summed E-state index contributed by atoms with van der Waals surface area (Å²) in [5, 5.41) is 13.2. The minimum absolute atomic E-state index is 0.107. The van der Waals surface area contributed by atoms with Gasteiger partial charge < -0.3 is 20.5 Å². The second-order valence-electron chi connectivity index (χ2n) is 5.10. The molecule has 0 bridgehead atoms. The van der Waals surface area contributed by atoms with Crippen LogP contribution in [0.3, 0.4) is 0 Å². The van der Waals surface area contributed by atoms with E-state index in [0.29, 0.717) is 34.7 Å². The van der Waals surface area contributed by atoms with E-state index in [1.807, 2.05) is 7.05 Å². The summed E-state index contributed by atoms with van der Waals surface area (Å²) in [6, 6.07) is 3.03. The summed E-state index contributed by atoms with van der Waals surface area (Å²) in [4.78, 5) is 31.5. The number of unbranched alkanes of at least 4 members (excludes halogenated alkanes) is 1. The van der Waals surface area contributed by atoms with E-state index in [2.05, 4.69) is 10.6 Å². The average Bonchev–Trinajstić information content (AvgIpc) is 2.59. The second-order valence-corrected chi connectivity index (χ2v) is 5.51. The van der Waals surface area contributed by atoms with Crippen LogP contribution in [-0.4, -0.2) is 50.1 Å². The molecule has 3 N–H and O–H groups in total. The van der Waals surface area contributed by atoms with Crippen molar-refractivity contribution in [3.63, 3.8) is 0 Å². The molecule has 152 valence electrons. The van der Waals surface area contributed by atoms with E-state index in [0.717, 1.165) is 19.4 Å². The Balaban J connectivity index is 0.000000821. The smallest absolute Gasteiger partial charge is 0.490 e. The van der Waals surface area contributed by atoms with Gasteiger partial charge in [0.1, 0.15) is 5.75 Å². The molecule has 0 aliphatic heterocycles. The lowest BCUT2D eigenvalue weighted by Gasteiger charge is -2.11. The van der Waals surface area contributed by atoms with Gasteiger partial charge in [-0.05, 0) is 32.5 Å². The normalized spacial score (nSPS) is 10.4. The first-order valence-corrected chi connectivity index (χ1v) is 8.01. The van der Waals surface area contributed by atoms with Gasteiger partial charge in [0.15, 0.2) is 6.29 Å². The van der Waals surface area contributed by atoms with Crippen molar-refractivity contribution in [1.82, 2.24) is 5.32 Å². The Kier molecular flexibility index (Phi) is 11.1. The van der Waals surface area contributed by atoms with Crippen molar-refractivity contribution in [3.8, 4) is 5.75 Å². The van der Waals surface area contributed by atoms with Crippen LogP contribution in [-0.2, 0) is 9.59 Å². The fourth-order valence-electron chi connectivity index (χ4n) is 1.73. The van der Waals surface area contributed by atoms with Crippen molar-refractivity contribution >= 4 is 35.5 Å². The van der Waals surface area contributed by atoms with Gasteiger partial charge in [-0.15, -0.1) is 0 Å². The monoisotopic (exact) mass is 412 g/mol. The number of alkyl halides is 3. The summed E-state index contributed by atoms with van der Waals surface area (Å²) in [5.74, 6) is -2.48. The minimum atomic E-state index is -5.08. The molecule has 0 fully saturated rings. The predicted molar refractivity (Wildman–Crippen MR) is 93.5 cm³/mol. The molecule has 1 aromatic rings. The van der Waals surface area contributed by atoms with Crippen molar-refractivity contribution in [1.29, 1.82) is 0 Å². The number of aliphatic carboxylic acids is 1. The van der Waals surface area contributed by atoms with E-state index in [1.165, 1.54) is 13.2 Å². The molecule has 1 rings (SSSR count). The number of ether oxygens (including phenoxy) is 1. The Labute approximate surface area is 158 Å². The predicted octanol–water partition coefficient (Wildman–Crippen LogP) is 3.12. The molecule has 0 aromatic heterocycles. The van der Waals surface area contributed by atoms with Crippen LogP contribution in [0.4, 0.5) is 18.9 Å². The number of carboxylic acid groups (broad SMARTS) is 1. The van der Waals surface area contributed by atoms with E-state index in [-0.39, 0.29) is 5.91 Å². The third kappa shape index (κ3) is 9.80. The van der Waals surface area contributed by atoms with Crippen LogP contribution >= 0.6 is 11.6 Å². The third-order valence-electron chi connectivity index (χ3n) is 3.04. The Hall–Kier alpha value is -2.33. The molecular formula is C16H20ClF3N2O5. The molecule has 0 heterocycles. The number of methoxy groups -OCH3 is 1. The highest BCUT2D eigenvalue weighted by Gasteiger charge is 2.38. The fourth-order valence-corrected chi connectivity index (χ4v) is 1.95. The van der Waals surface area contributed by atoms with Gasteiger partial charge in [-0.1, -0.05) is 11.6 Å². The number of halogens is 4. The van der Waals surface area contributed by atoms with Crippen molar-refractivity contribution in [3.05, 3.63) is 22.7 Å². The standard InChI is InChI=1S/C14H19ClN2O3.C2HF3O2/c1-16-6-4-3-5-14(19)17-12-8-13(20-2)10(9-18)7-11(12)15;3-2(4,5)1(6)7/h7-9,16H,3-6H2,1-2H3,(H,17,19);(H,6,7). The number of rotatable bonds is 8. The number of aldehydes is 1. The average molecular weight is 413 g/mol. The van der Waals surface area contributed by atoms with E-state index in [9.17, 15) is 22.8 Å². The van der Waals surface area contributed by atoms with Crippen molar-refractivity contribution in [2.45, 2.75) is 25.4 Å². The van der Waals surface area contributed by atoms with Gasteiger partial charge in [0.2, 0.25) is 5.91 Å². The molecule has 7 nitrogen and oxygen atoms in total. The quantitative estimate of drug-likeness (QED) is 0.447. The van der Waals surface area contributed by atoms with Gasteiger partial charge in [0.25, 0.3) is 0 Å². The topological polar surface area (TPSA) is 105 Å². The molecule has 0 spiro atoms. The van der Waals surface area contributed by atoms with Crippen LogP contribution in [0, 0.1) is 0 Å². The maximum atomic E-state index is 11.8. The van der Waals surface area contributed by atoms with Crippen LogP contribution < -0.4 is 15.4 Å². The number of carbonyl (C=O) groups excluding carboxylic acids is 2. The molecule has 0 radical (unpaired) electrons. The minimum Gasteiger partial charge on any atom is -0.496 e. The Bertz CT molecular complexity index is 654. The highest BCUT2D eigenvalue weighted by Crippen LogP contribution is 2.30. The lowest BCUT2D eigenvalue weighted by Crippen LogP contribution is -2.21. The van der Waals surface area contributed by atoms with Gasteiger partial charge in [-0.3, -0.25) is 9.59 Å². The zero-order chi connectivity index (χ0) is 21.0. The first-order chi connectivity index (χ1) is 12.6. The highest BCUT2D eigenvalue weighted by molar-refractivity contribution is 6.34. The molecule has 1 aromatic carbocycles. The molecular weight excluding hydrogens is 393 g/mol. The maximum absolute atomic E-state index is 11.8. The van der Waals surface area contributed by atoms with Gasteiger partial charge in [-0.25, -0.2) is 4.79 Å². The lowest BCUT2D eigenvalue weighted by molar-refractivity contribution is -0.192. The summed E-state index contributed by atoms with van der Waals surface area (Å²) >= 11 is 6.03. The number of carboxylic acids is 1. The summed E-state index contributed by atoms with van der Waals surface area (Å²) in [5.41, 5.74) is 0.803. The van der Waals surface area contributed by atoms with Gasteiger partial charge in [0, 0.05) is 12.5 Å². The largest absolute Gasteiger partial charge is 0.496 e. The maximum Gasteiger partial charge on any atom is 0.490 e. The number of hydrogen-bond acceptors (Lipinski definition) is 5. The van der Waals surface area contributed by atoms with Crippen molar-refractivity contribution < 1.29 is 37.4 Å². The molecule has 0 unspecified atom stereocenters. The highest BCUT2D eigenvalue weighted by atomic mass is 35.5. The second kappa shape index (κ2) is 12.1. The number of carbonyl (C=O) groups is 3. The zero-order valence-electron chi connectivity index (χ0n) is 14.7. The van der Waals surface area contributed by atoms with E-state index < -0.39 is 12.1 Å². The van der Waals surface area contributed by atoms with Crippen LogP contribution in [0.25, 0.3) is 0 Å². The number of benzene rings is 1. The van der Waals surface area contributed by atoms with Crippen LogP contribution in [0.2, 0.25) is 5.02 Å². The van der Waals surface area contributed by atoms with Gasteiger partial charge in [0.05, 0.1) is 23.4 Å². The number of anilines is 1. The molecule has 11 heteroatoms. The molecule has 0 aliphatic rings. The van der Waals surface area contributed by atoms with Crippen molar-refractivity contribution in [2.75, 3.05) is 26.0 Å². The number of nitrogens with one attached hydrogen (secondary N) is 2. The first-order valence-electron chi connectivity index (χ1n) is 7.64. The van der Waals surface area contributed by atoms with Crippen LogP contribution in [0.1, 0.15) is 29.6 Å². The summed E-state index contributed by atoms with van der Waals surface area (Å²) in [6.45, 7) is 0.885. The Morgan fingerprint density at radius 1 is 1.30 bits per heavy atom. The molecule has 27 heavy (non-hydrogen) atoms. The molecule has 0 aliphatic carbocycles. The van der Waals surface area contributed by atoms with Gasteiger partial charge >= 0.3 is 12.1 Å². The summed E-state index contributed by atoms with van der Waals surface area (Å²) in [7, 11) is 3.33. The summed E-state index contributed by atoms with van der Waals surface area (Å²) < 4.78 is 36.8. The third-order valence-corrected chi connectivity index (χ3v) is 3.36. The van der Waals surface area contributed by atoms with E-state index in [4.69, 9.17) is 26.2 Å². The van der Waals surface area contributed by atoms with Crippen LogP contribution in [0.5, 0.6) is 5.75 Å². The number of hydrogen-bond donors (Lipinski definition) is 3. The SMILES string of the molecule is CNCCCCC(=O)Nc1cc(OC)c(C=O)cc1Cl.O=C(O)C(F)(F)F. The van der Waals surface area contributed by atoms with Crippen LogP contribution in [0.15, 0.2) is 12.1 Å². The lowest BCUT2D eigenvalue weighted by atomic mass is 10.2.